The fourth-order valence-corrected chi connectivity index (χ4v) is 1.77. The third-order valence-electron chi connectivity index (χ3n) is 1.60. The van der Waals surface area contributed by atoms with Crippen LogP contribution in [0.3, 0.4) is 0 Å². The maximum atomic E-state index is 4.08. The van der Waals surface area contributed by atoms with Gasteiger partial charge in [-0.25, -0.2) is 0 Å². The Morgan fingerprint density at radius 3 is 2.92 bits per heavy atom. The van der Waals surface area contributed by atoms with Crippen LogP contribution in [0.1, 0.15) is 5.56 Å². The highest BCUT2D eigenvalue weighted by Gasteiger charge is 1.97. The molecule has 0 spiro atoms. The van der Waals surface area contributed by atoms with Crippen LogP contribution < -0.4 is 0 Å². The van der Waals surface area contributed by atoms with Crippen LogP contribution in [0, 0.1) is 6.92 Å². The van der Waals surface area contributed by atoms with Crippen molar-refractivity contribution in [3.63, 3.8) is 0 Å². The van der Waals surface area contributed by atoms with Gasteiger partial charge in [-0.15, -0.1) is 11.3 Å². The van der Waals surface area contributed by atoms with Crippen molar-refractivity contribution in [2.24, 2.45) is 0 Å². The van der Waals surface area contributed by atoms with Crippen LogP contribution >= 0.6 is 11.3 Å². The molecule has 0 N–H and O–H groups in total. The summed E-state index contributed by atoms with van der Waals surface area (Å²) in [5.41, 5.74) is 2.11. The molecule has 0 unspecified atom stereocenters. The maximum absolute atomic E-state index is 4.08. The first-order valence-electron chi connectivity index (χ1n) is 3.67. The van der Waals surface area contributed by atoms with Crippen molar-refractivity contribution in [3.05, 3.63) is 48.5 Å². The molecule has 2 heteroatoms. The van der Waals surface area contributed by atoms with Gasteiger partial charge in [-0.05, 0) is 30.0 Å². The lowest BCUT2D eigenvalue weighted by molar-refractivity contribution is 1.31. The Kier molecular flexibility index (Phi) is 1.92. The Bertz CT molecular complexity index is 365. The van der Waals surface area contributed by atoms with Gasteiger partial charge in [0.05, 0.1) is 0 Å². The van der Waals surface area contributed by atoms with Crippen LogP contribution in [0.4, 0.5) is 0 Å². The predicted octanol–water partition coefficient (Wildman–Crippen LogP) is 2.99. The molecule has 0 aliphatic heterocycles. The molecule has 0 amide bonds. The highest BCUT2D eigenvalue weighted by Crippen LogP contribution is 2.23. The SMILES string of the molecule is [CH2]c1cncc(-c2cccs2)c1. The molecule has 2 heterocycles. The van der Waals surface area contributed by atoms with E-state index in [0.717, 1.165) is 11.1 Å². The average Bonchev–Trinajstić information content (AvgIpc) is 2.56. The number of pyridine rings is 1. The molecule has 0 fully saturated rings. The van der Waals surface area contributed by atoms with Gasteiger partial charge in [0, 0.05) is 22.8 Å². The summed E-state index contributed by atoms with van der Waals surface area (Å²) in [4.78, 5) is 5.33. The summed E-state index contributed by atoms with van der Waals surface area (Å²) >= 11 is 1.72. The fourth-order valence-electron chi connectivity index (χ4n) is 1.07. The van der Waals surface area contributed by atoms with Crippen LogP contribution in [0.15, 0.2) is 36.0 Å². The second-order valence-electron chi connectivity index (χ2n) is 2.56. The Balaban J connectivity index is 2.48. The zero-order valence-corrected chi connectivity index (χ0v) is 7.34. The lowest BCUT2D eigenvalue weighted by Crippen LogP contribution is -1.78. The standard InChI is InChI=1S/C10H8NS/c1-8-5-9(7-11-6-8)10-3-2-4-12-10/h2-7H,1H2. The highest BCUT2D eigenvalue weighted by atomic mass is 32.1. The summed E-state index contributed by atoms with van der Waals surface area (Å²) in [7, 11) is 0. The van der Waals surface area contributed by atoms with E-state index >= 15 is 0 Å². The Hall–Kier alpha value is -1.15. The molecule has 1 nitrogen and oxygen atoms in total. The lowest BCUT2D eigenvalue weighted by Gasteiger charge is -1.96. The van der Waals surface area contributed by atoms with Gasteiger partial charge in [-0.2, -0.15) is 0 Å². The molecule has 2 aromatic rings. The monoisotopic (exact) mass is 174 g/mol. The molecule has 0 saturated carbocycles. The topological polar surface area (TPSA) is 12.9 Å². The Morgan fingerprint density at radius 1 is 1.33 bits per heavy atom. The third-order valence-corrected chi connectivity index (χ3v) is 2.52. The summed E-state index contributed by atoms with van der Waals surface area (Å²) in [6, 6.07) is 6.16. The van der Waals surface area contributed by atoms with E-state index in [4.69, 9.17) is 0 Å². The van der Waals surface area contributed by atoms with E-state index in [-0.39, 0.29) is 0 Å². The van der Waals surface area contributed by atoms with Crippen molar-refractivity contribution in [1.82, 2.24) is 4.98 Å². The van der Waals surface area contributed by atoms with Crippen LogP contribution in [0.25, 0.3) is 10.4 Å². The first-order chi connectivity index (χ1) is 5.86. The molecule has 0 aliphatic carbocycles. The van der Waals surface area contributed by atoms with Gasteiger partial charge < -0.3 is 0 Å². The first kappa shape index (κ1) is 7.50. The summed E-state index contributed by atoms with van der Waals surface area (Å²) in [6.07, 6.45) is 3.62. The molecule has 0 bridgehead atoms. The number of hydrogen-bond donors (Lipinski definition) is 0. The minimum absolute atomic E-state index is 0.959. The minimum Gasteiger partial charge on any atom is -0.264 e. The Morgan fingerprint density at radius 2 is 2.25 bits per heavy atom. The first-order valence-corrected chi connectivity index (χ1v) is 4.55. The molecule has 2 rings (SSSR count). The zero-order chi connectivity index (χ0) is 8.39. The number of aromatic nitrogens is 1. The summed E-state index contributed by atoms with van der Waals surface area (Å²) in [6.45, 7) is 3.83. The normalized spacial score (nSPS) is 10.1. The fraction of sp³-hybridized carbons (Fsp3) is 0. The predicted molar refractivity (Wildman–Crippen MR) is 52.0 cm³/mol. The molecule has 1 radical (unpaired) electrons. The molecular weight excluding hydrogens is 166 g/mol. The van der Waals surface area contributed by atoms with Crippen LogP contribution in [0.2, 0.25) is 0 Å². The number of rotatable bonds is 1. The summed E-state index contributed by atoms with van der Waals surface area (Å²) < 4.78 is 0. The van der Waals surface area contributed by atoms with Gasteiger partial charge in [-0.1, -0.05) is 6.07 Å². The number of thiophene rings is 1. The van der Waals surface area contributed by atoms with Crippen molar-refractivity contribution in [2.45, 2.75) is 0 Å². The van der Waals surface area contributed by atoms with Gasteiger partial charge in [0.1, 0.15) is 0 Å². The molecule has 59 valence electrons. The van der Waals surface area contributed by atoms with Gasteiger partial charge in [0.15, 0.2) is 0 Å². The molecule has 0 atom stereocenters. The van der Waals surface area contributed by atoms with Crippen molar-refractivity contribution in [1.29, 1.82) is 0 Å². The van der Waals surface area contributed by atoms with E-state index in [1.165, 1.54) is 4.88 Å². The Labute approximate surface area is 75.7 Å². The molecule has 0 saturated heterocycles. The molecule has 2 aromatic heterocycles. The van der Waals surface area contributed by atoms with Crippen LogP contribution in [0.5, 0.6) is 0 Å². The van der Waals surface area contributed by atoms with Crippen LogP contribution in [-0.2, 0) is 0 Å². The van der Waals surface area contributed by atoms with Crippen molar-refractivity contribution >= 4 is 11.3 Å². The van der Waals surface area contributed by atoms with E-state index in [1.807, 2.05) is 18.3 Å². The highest BCUT2D eigenvalue weighted by molar-refractivity contribution is 7.13. The minimum atomic E-state index is 0.959. The van der Waals surface area contributed by atoms with Crippen LogP contribution in [-0.4, -0.2) is 4.98 Å². The van der Waals surface area contributed by atoms with E-state index in [2.05, 4.69) is 23.4 Å². The largest absolute Gasteiger partial charge is 0.264 e. The smallest absolute Gasteiger partial charge is 0.0358 e. The molecule has 12 heavy (non-hydrogen) atoms. The van der Waals surface area contributed by atoms with E-state index in [9.17, 15) is 0 Å². The number of nitrogens with zero attached hydrogens (tertiary/aromatic N) is 1. The summed E-state index contributed by atoms with van der Waals surface area (Å²) in [5, 5.41) is 2.06. The number of hydrogen-bond acceptors (Lipinski definition) is 2. The van der Waals surface area contributed by atoms with Gasteiger partial charge in [-0.3, -0.25) is 4.98 Å². The van der Waals surface area contributed by atoms with E-state index in [1.54, 1.807) is 17.5 Å². The van der Waals surface area contributed by atoms with E-state index < -0.39 is 0 Å². The van der Waals surface area contributed by atoms with Gasteiger partial charge >= 0.3 is 0 Å². The molecule has 0 aliphatic rings. The van der Waals surface area contributed by atoms with Gasteiger partial charge in [0.2, 0.25) is 0 Å². The van der Waals surface area contributed by atoms with Crippen molar-refractivity contribution < 1.29 is 0 Å². The summed E-state index contributed by atoms with van der Waals surface area (Å²) in [5.74, 6) is 0. The van der Waals surface area contributed by atoms with Crippen molar-refractivity contribution in [3.8, 4) is 10.4 Å². The maximum Gasteiger partial charge on any atom is 0.0358 e. The van der Waals surface area contributed by atoms with Gasteiger partial charge in [0.25, 0.3) is 0 Å². The van der Waals surface area contributed by atoms with E-state index in [0.29, 0.717) is 0 Å². The third kappa shape index (κ3) is 1.38. The second kappa shape index (κ2) is 3.07. The average molecular weight is 174 g/mol. The lowest BCUT2D eigenvalue weighted by atomic mass is 10.2. The second-order valence-corrected chi connectivity index (χ2v) is 3.51. The molecule has 0 aromatic carbocycles. The zero-order valence-electron chi connectivity index (χ0n) is 6.53. The molecular formula is C10H8NS. The quantitative estimate of drug-likeness (QED) is 0.647. The van der Waals surface area contributed by atoms with Crippen molar-refractivity contribution in [2.75, 3.05) is 0 Å².